The Balaban J connectivity index is 0.000000269. The summed E-state index contributed by atoms with van der Waals surface area (Å²) in [6, 6.07) is 10.8. The normalized spacial score (nSPS) is 17.1. The van der Waals surface area contributed by atoms with Crippen LogP contribution in [0.1, 0.15) is 125 Å². The third-order valence-electron chi connectivity index (χ3n) is 7.28. The minimum Gasteiger partial charge on any atom is -0.508 e. The first-order chi connectivity index (χ1) is 16.1. The van der Waals surface area contributed by atoms with Crippen molar-refractivity contribution in [3.05, 3.63) is 52.6 Å². The molecular formula is C33H53NO2. The van der Waals surface area contributed by atoms with Crippen LogP contribution in [-0.2, 0) is 21.7 Å². The number of aromatic hydroxyl groups is 2. The highest BCUT2D eigenvalue weighted by Crippen LogP contribution is 2.43. The highest BCUT2D eigenvalue weighted by Gasteiger charge is 2.30. The quantitative estimate of drug-likeness (QED) is 0.415. The predicted molar refractivity (Wildman–Crippen MR) is 157 cm³/mol. The summed E-state index contributed by atoms with van der Waals surface area (Å²) in [4.78, 5) is 2.37. The van der Waals surface area contributed by atoms with Gasteiger partial charge in [0.2, 0.25) is 0 Å². The Kier molecular flexibility index (Phi) is 8.61. The fraction of sp³-hybridized carbons (Fsp3) is 0.636. The largest absolute Gasteiger partial charge is 0.508 e. The van der Waals surface area contributed by atoms with Crippen LogP contribution in [-0.4, -0.2) is 22.8 Å². The lowest BCUT2D eigenvalue weighted by Crippen LogP contribution is -2.28. The van der Waals surface area contributed by atoms with Gasteiger partial charge < -0.3 is 15.1 Å². The third kappa shape index (κ3) is 7.43. The van der Waals surface area contributed by atoms with Gasteiger partial charge in [-0.25, -0.2) is 0 Å². The zero-order valence-electron chi connectivity index (χ0n) is 25.4. The van der Waals surface area contributed by atoms with Gasteiger partial charge in [0.15, 0.2) is 0 Å². The zero-order valence-corrected chi connectivity index (χ0v) is 25.4. The average molecular weight is 496 g/mol. The Bertz CT molecular complexity index is 1010. The Morgan fingerprint density at radius 3 is 1.44 bits per heavy atom. The van der Waals surface area contributed by atoms with E-state index in [-0.39, 0.29) is 21.7 Å². The van der Waals surface area contributed by atoms with Gasteiger partial charge in [-0.3, -0.25) is 0 Å². The smallest absolute Gasteiger partial charge is 0.142 e. The molecule has 0 aliphatic carbocycles. The zero-order chi connectivity index (χ0) is 27.9. The van der Waals surface area contributed by atoms with Crippen LogP contribution in [0.5, 0.6) is 11.5 Å². The van der Waals surface area contributed by atoms with Crippen LogP contribution >= 0.6 is 0 Å². The first kappa shape index (κ1) is 30.1. The molecule has 3 heteroatoms. The molecule has 0 spiro atoms. The number of anilines is 1. The molecule has 0 radical (unpaired) electrons. The summed E-state index contributed by atoms with van der Waals surface area (Å²) in [6.07, 6.45) is 2.43. The van der Waals surface area contributed by atoms with E-state index < -0.39 is 0 Å². The summed E-state index contributed by atoms with van der Waals surface area (Å²) in [5.74, 6) is 0.844. The number of nitrogens with zero attached hydrogens (tertiary/aromatic N) is 1. The van der Waals surface area contributed by atoms with Gasteiger partial charge in [-0.15, -0.1) is 0 Å². The molecule has 1 unspecified atom stereocenters. The summed E-state index contributed by atoms with van der Waals surface area (Å²) in [6.45, 7) is 29.5. The molecule has 2 N–H and O–H groups in total. The molecule has 2 aromatic rings. The highest BCUT2D eigenvalue weighted by molar-refractivity contribution is 5.66. The number of phenols is 2. The van der Waals surface area contributed by atoms with Gasteiger partial charge in [0.1, 0.15) is 11.5 Å². The molecule has 1 atom stereocenters. The van der Waals surface area contributed by atoms with Crippen molar-refractivity contribution in [3.8, 4) is 11.5 Å². The lowest BCUT2D eigenvalue weighted by atomic mass is 9.79. The molecule has 202 valence electrons. The van der Waals surface area contributed by atoms with Gasteiger partial charge in [-0.2, -0.15) is 0 Å². The first-order valence-electron chi connectivity index (χ1n) is 13.6. The second kappa shape index (κ2) is 10.3. The molecular weight excluding hydrogens is 442 g/mol. The highest BCUT2D eigenvalue weighted by atomic mass is 16.3. The third-order valence-corrected chi connectivity index (χ3v) is 7.28. The van der Waals surface area contributed by atoms with E-state index in [4.69, 9.17) is 0 Å². The van der Waals surface area contributed by atoms with E-state index in [0.717, 1.165) is 17.8 Å². The number of benzene rings is 2. The molecule has 1 fully saturated rings. The van der Waals surface area contributed by atoms with Gasteiger partial charge >= 0.3 is 0 Å². The molecule has 0 amide bonds. The van der Waals surface area contributed by atoms with Gasteiger partial charge in [0.05, 0.1) is 5.69 Å². The number of rotatable bonds is 1. The Hall–Kier alpha value is -2.16. The molecule has 1 aliphatic rings. The monoisotopic (exact) mass is 495 g/mol. The van der Waals surface area contributed by atoms with Crippen molar-refractivity contribution >= 4 is 5.69 Å². The fourth-order valence-corrected chi connectivity index (χ4v) is 4.61. The van der Waals surface area contributed by atoms with Gasteiger partial charge in [-0.1, -0.05) is 95.2 Å². The Morgan fingerprint density at radius 1 is 0.639 bits per heavy atom. The van der Waals surface area contributed by atoms with E-state index in [2.05, 4.69) is 113 Å². The lowest BCUT2D eigenvalue weighted by molar-refractivity contribution is 0.443. The minimum absolute atomic E-state index is 0.0525. The fourth-order valence-electron chi connectivity index (χ4n) is 4.61. The van der Waals surface area contributed by atoms with Crippen molar-refractivity contribution in [2.45, 2.75) is 131 Å². The van der Waals surface area contributed by atoms with Crippen LogP contribution in [0.4, 0.5) is 5.69 Å². The number of hydrogen-bond donors (Lipinski definition) is 2. The van der Waals surface area contributed by atoms with Crippen LogP contribution in [0.2, 0.25) is 0 Å². The van der Waals surface area contributed by atoms with E-state index in [1.165, 1.54) is 29.5 Å². The summed E-state index contributed by atoms with van der Waals surface area (Å²) in [5.41, 5.74) is 5.96. The summed E-state index contributed by atoms with van der Waals surface area (Å²) in [7, 11) is 0. The summed E-state index contributed by atoms with van der Waals surface area (Å²) in [5, 5.41) is 20.6. The van der Waals surface area contributed by atoms with Crippen LogP contribution in [0.25, 0.3) is 0 Å². The molecule has 0 aromatic heterocycles. The van der Waals surface area contributed by atoms with Crippen LogP contribution in [0.3, 0.4) is 0 Å². The van der Waals surface area contributed by atoms with Crippen LogP contribution in [0, 0.1) is 0 Å². The first-order valence-corrected chi connectivity index (χ1v) is 13.6. The van der Waals surface area contributed by atoms with E-state index in [1.54, 1.807) is 0 Å². The van der Waals surface area contributed by atoms with Crippen molar-refractivity contribution in [2.75, 3.05) is 11.4 Å². The minimum atomic E-state index is -0.0525. The van der Waals surface area contributed by atoms with E-state index in [1.807, 2.05) is 12.1 Å². The maximum Gasteiger partial charge on any atom is 0.142 e. The second-order valence-electron chi connectivity index (χ2n) is 14.8. The summed E-state index contributed by atoms with van der Waals surface area (Å²) < 4.78 is 0. The molecule has 36 heavy (non-hydrogen) atoms. The second-order valence-corrected chi connectivity index (χ2v) is 14.8. The van der Waals surface area contributed by atoms with Crippen molar-refractivity contribution in [2.24, 2.45) is 0 Å². The van der Waals surface area contributed by atoms with E-state index in [0.29, 0.717) is 17.5 Å². The van der Waals surface area contributed by atoms with E-state index >= 15 is 0 Å². The van der Waals surface area contributed by atoms with Crippen LogP contribution < -0.4 is 4.90 Å². The van der Waals surface area contributed by atoms with Crippen LogP contribution in [0.15, 0.2) is 30.3 Å². The number of hydrogen-bond acceptors (Lipinski definition) is 3. The van der Waals surface area contributed by atoms with Crippen molar-refractivity contribution in [1.29, 1.82) is 0 Å². The molecule has 3 nitrogen and oxygen atoms in total. The Morgan fingerprint density at radius 2 is 1.08 bits per heavy atom. The lowest BCUT2D eigenvalue weighted by Gasteiger charge is -2.32. The molecule has 2 aromatic carbocycles. The predicted octanol–water partition coefficient (Wildman–Crippen LogP) is 8.96. The Labute approximate surface area is 222 Å². The molecule has 1 aliphatic heterocycles. The number of phenolic OH excluding ortho intramolecular Hbond substituents is 2. The van der Waals surface area contributed by atoms with Crippen molar-refractivity contribution < 1.29 is 10.2 Å². The molecule has 3 rings (SSSR count). The molecule has 0 saturated carbocycles. The molecule has 1 heterocycles. The van der Waals surface area contributed by atoms with Gasteiger partial charge in [-0.05, 0) is 76.3 Å². The van der Waals surface area contributed by atoms with E-state index in [9.17, 15) is 10.2 Å². The van der Waals surface area contributed by atoms with Crippen molar-refractivity contribution in [3.63, 3.8) is 0 Å². The SMILES string of the molecule is CC(C)(C)c1cc(O)cc(C(C)(C)C)c1.CC1CCCN1c1cc(C(C)(C)C)cc(C(C)(C)C)c1O. The maximum atomic E-state index is 10.9. The molecule has 1 saturated heterocycles. The van der Waals surface area contributed by atoms with Crippen molar-refractivity contribution in [1.82, 2.24) is 0 Å². The molecule has 0 bridgehead atoms. The van der Waals surface area contributed by atoms with Gasteiger partial charge in [0, 0.05) is 18.2 Å². The maximum absolute atomic E-state index is 10.9. The van der Waals surface area contributed by atoms with Gasteiger partial charge in [0.25, 0.3) is 0 Å². The topological polar surface area (TPSA) is 43.7 Å². The average Bonchev–Trinajstić information content (AvgIpc) is 3.10. The standard InChI is InChI=1S/C19H31NO.C14H22O/c1-13-9-8-10-20(13)16-12-14(18(2,3)4)11-15(17(16)21)19(5,6)7;1-13(2,3)10-7-11(14(4,5)6)9-12(15)8-10/h11-13,21H,8-10H2,1-7H3;7-9,15H,1-6H3. The summed E-state index contributed by atoms with van der Waals surface area (Å²) >= 11 is 0.